The second-order valence-corrected chi connectivity index (χ2v) is 22.9. The van der Waals surface area contributed by atoms with Crippen LogP contribution in [0.25, 0.3) is 32.9 Å². The number of hydrogen-bond acceptors (Lipinski definition) is 7. The number of nitrogens with two attached hydrogens (primary N) is 1. The zero-order chi connectivity index (χ0) is 38.1. The highest BCUT2D eigenvalue weighted by Crippen LogP contribution is 2.47. The van der Waals surface area contributed by atoms with Gasteiger partial charge >= 0.3 is 6.01 Å². The number of ether oxygens (including phenoxy) is 1. The largest absolute Gasteiger partial charge is 0.461 e. The average molecular weight is 755 g/mol. The Morgan fingerprint density at radius 3 is 2.56 bits per heavy atom. The number of nitrogen functional groups attached to an aromatic ring is 1. The fourth-order valence-corrected chi connectivity index (χ4v) is 15.8. The maximum absolute atomic E-state index is 17.4. The van der Waals surface area contributed by atoms with E-state index < -0.39 is 31.4 Å². The molecule has 54 heavy (non-hydrogen) atoms. The molecule has 3 aliphatic heterocycles. The maximum atomic E-state index is 17.4. The second-order valence-electron chi connectivity index (χ2n) is 17.4. The molecular weight excluding hydrogens is 702 g/mol. The molecule has 0 spiro atoms. The van der Waals surface area contributed by atoms with Crippen LogP contribution in [-0.4, -0.2) is 71.9 Å². The van der Waals surface area contributed by atoms with Crippen LogP contribution >= 0.6 is 0 Å². The first-order valence-electron chi connectivity index (χ1n) is 20.0. The van der Waals surface area contributed by atoms with Gasteiger partial charge in [-0.2, -0.15) is 9.97 Å². The highest BCUT2D eigenvalue weighted by atomic mass is 28.3. The summed E-state index contributed by atoms with van der Waals surface area (Å²) in [4.78, 5) is 18.9. The number of alkyl halides is 1. The molecule has 0 bridgehead atoms. The van der Waals surface area contributed by atoms with E-state index in [0.29, 0.717) is 74.8 Å². The van der Waals surface area contributed by atoms with Gasteiger partial charge < -0.3 is 15.4 Å². The standard InChI is InChI=1S/C43H53F3N6OSi/c1-25(2)54(26(3)4,27(5)6)17-13-32-35(45)12-11-29-18-31(47)20-33(37(29)32)39-38(46)40-34(22-48-39)41(52-16-8-7-10-28-19-36(28)52)50-42(49-40)53-24-43-14-9-15-51(43)23-30(44)21-43/h11-12,18,20,22,25-28,30,36H,7-10,14-16,19,21,23-24,47H2,1-6H3/t28?,30-,36?,43+/m1/s1. The topological polar surface area (TPSA) is 80.4 Å². The average Bonchev–Trinajstić information content (AvgIpc) is 3.73. The molecular formula is C43H53F3N6OSi. The number of halogens is 3. The van der Waals surface area contributed by atoms with Crippen molar-refractivity contribution < 1.29 is 17.9 Å². The summed E-state index contributed by atoms with van der Waals surface area (Å²) in [7, 11) is -2.24. The normalized spacial score (nSPS) is 24.3. The van der Waals surface area contributed by atoms with Crippen molar-refractivity contribution >= 4 is 41.3 Å². The van der Waals surface area contributed by atoms with Gasteiger partial charge in [-0.25, -0.2) is 13.2 Å². The molecule has 8 rings (SSSR count). The van der Waals surface area contributed by atoms with Gasteiger partial charge in [-0.1, -0.05) is 60.0 Å². The Morgan fingerprint density at radius 1 is 1.02 bits per heavy atom. The van der Waals surface area contributed by atoms with Crippen LogP contribution in [0, 0.1) is 29.0 Å². The van der Waals surface area contributed by atoms with Crippen molar-refractivity contribution in [1.29, 1.82) is 0 Å². The highest BCUT2D eigenvalue weighted by molar-refractivity contribution is 6.90. The number of benzene rings is 2. The SMILES string of the molecule is CC(C)[Si](C#Cc1c(F)ccc2cc(N)cc(-c3ncc4c(N5CCCCC6CC65)nc(OC[C@@]56CCCN5C[C@H](F)C6)nc4c3F)c12)(C(C)C)C(C)C. The molecule has 11 heteroatoms. The fraction of sp³-hybridized carbons (Fsp3) is 0.558. The quantitative estimate of drug-likeness (QED) is 0.109. The van der Waals surface area contributed by atoms with E-state index in [9.17, 15) is 4.39 Å². The highest BCUT2D eigenvalue weighted by Gasteiger charge is 2.50. The van der Waals surface area contributed by atoms with Crippen LogP contribution in [0.2, 0.25) is 16.6 Å². The van der Waals surface area contributed by atoms with Crippen molar-refractivity contribution in [2.75, 3.05) is 36.9 Å². The smallest absolute Gasteiger partial charge is 0.319 e. The third-order valence-corrected chi connectivity index (χ3v) is 19.6. The van der Waals surface area contributed by atoms with E-state index in [0.717, 1.165) is 45.2 Å². The first kappa shape index (κ1) is 37.1. The van der Waals surface area contributed by atoms with E-state index in [2.05, 4.69) is 62.8 Å². The third kappa shape index (κ3) is 6.21. The number of fused-ring (bicyclic) bond motifs is 4. The Hall–Kier alpha value is -3.88. The number of aromatic nitrogens is 3. The first-order valence-corrected chi connectivity index (χ1v) is 22.3. The molecule has 2 aromatic heterocycles. The van der Waals surface area contributed by atoms with Crippen molar-refractivity contribution in [3.05, 3.63) is 47.7 Å². The molecule has 5 heterocycles. The predicted octanol–water partition coefficient (Wildman–Crippen LogP) is 9.61. The van der Waals surface area contributed by atoms with Gasteiger partial charge in [0, 0.05) is 48.4 Å². The van der Waals surface area contributed by atoms with Crippen LogP contribution in [0.1, 0.15) is 92.1 Å². The molecule has 0 amide bonds. The van der Waals surface area contributed by atoms with Crippen LogP contribution in [0.15, 0.2) is 30.5 Å². The summed E-state index contributed by atoms with van der Waals surface area (Å²) in [6.07, 6.45) is 7.38. The lowest BCUT2D eigenvalue weighted by Gasteiger charge is -2.38. The molecule has 4 aromatic rings. The van der Waals surface area contributed by atoms with Gasteiger partial charge in [0.15, 0.2) is 5.82 Å². The molecule has 1 aliphatic carbocycles. The molecule has 7 nitrogen and oxygen atoms in total. The summed E-state index contributed by atoms with van der Waals surface area (Å²) < 4.78 is 54.5. The van der Waals surface area contributed by atoms with Crippen LogP contribution in [0.3, 0.4) is 0 Å². The van der Waals surface area contributed by atoms with Gasteiger partial charge in [-0.3, -0.25) is 9.88 Å². The maximum Gasteiger partial charge on any atom is 0.319 e. The van der Waals surface area contributed by atoms with E-state index in [1.54, 1.807) is 24.4 Å². The molecule has 4 fully saturated rings. The minimum Gasteiger partial charge on any atom is -0.461 e. The van der Waals surface area contributed by atoms with Crippen LogP contribution in [0.5, 0.6) is 6.01 Å². The lowest BCUT2D eigenvalue weighted by Crippen LogP contribution is -2.43. The third-order valence-electron chi connectivity index (χ3n) is 13.3. The van der Waals surface area contributed by atoms with Gasteiger partial charge in [0.1, 0.15) is 43.7 Å². The minimum atomic E-state index is -2.24. The van der Waals surface area contributed by atoms with E-state index >= 15 is 8.78 Å². The molecule has 4 aliphatic rings. The lowest BCUT2D eigenvalue weighted by atomic mass is 9.95. The van der Waals surface area contributed by atoms with Crippen molar-refractivity contribution in [1.82, 2.24) is 19.9 Å². The van der Waals surface area contributed by atoms with Crippen molar-refractivity contribution in [3.63, 3.8) is 0 Å². The van der Waals surface area contributed by atoms with Gasteiger partial charge in [-0.05, 0) is 84.8 Å². The Bertz CT molecular complexity index is 2140. The van der Waals surface area contributed by atoms with Gasteiger partial charge in [0.2, 0.25) is 0 Å². The first-order chi connectivity index (χ1) is 25.8. The number of pyridine rings is 1. The molecule has 1 saturated carbocycles. The Labute approximate surface area is 318 Å². The summed E-state index contributed by atoms with van der Waals surface area (Å²) >= 11 is 0. The van der Waals surface area contributed by atoms with Crippen LogP contribution < -0.4 is 15.4 Å². The number of nitrogens with zero attached hydrogens (tertiary/aromatic N) is 5. The summed E-state index contributed by atoms with van der Waals surface area (Å²) in [5.41, 5.74) is 11.8. The molecule has 2 aromatic carbocycles. The van der Waals surface area contributed by atoms with Crippen molar-refractivity contribution in [2.45, 2.75) is 121 Å². The molecule has 286 valence electrons. The van der Waals surface area contributed by atoms with Gasteiger partial charge in [-0.15, -0.1) is 5.54 Å². The lowest BCUT2D eigenvalue weighted by molar-refractivity contribution is 0.107. The Morgan fingerprint density at radius 2 is 1.80 bits per heavy atom. The zero-order valence-corrected chi connectivity index (χ0v) is 33.5. The molecule has 2 unspecified atom stereocenters. The number of anilines is 2. The van der Waals surface area contributed by atoms with Crippen LogP contribution in [-0.2, 0) is 0 Å². The van der Waals surface area contributed by atoms with Crippen LogP contribution in [0.4, 0.5) is 24.7 Å². The summed E-state index contributed by atoms with van der Waals surface area (Å²) in [6, 6.07) is 6.92. The summed E-state index contributed by atoms with van der Waals surface area (Å²) in [6.45, 7) is 15.6. The zero-order valence-electron chi connectivity index (χ0n) is 32.5. The minimum absolute atomic E-state index is 0.0147. The van der Waals surface area contributed by atoms with Gasteiger partial charge in [0.05, 0.1) is 16.5 Å². The molecule has 3 saturated heterocycles. The Kier molecular flexibility index (Phi) is 9.61. The summed E-state index contributed by atoms with van der Waals surface area (Å²) in [5, 5.41) is 1.63. The Balaban J connectivity index is 1.29. The van der Waals surface area contributed by atoms with Crippen molar-refractivity contribution in [2.24, 2.45) is 5.92 Å². The van der Waals surface area contributed by atoms with Crippen molar-refractivity contribution in [3.8, 4) is 28.7 Å². The predicted molar refractivity (Wildman–Crippen MR) is 214 cm³/mol. The molecule has 4 atom stereocenters. The molecule has 0 radical (unpaired) electrons. The monoisotopic (exact) mass is 754 g/mol. The van der Waals surface area contributed by atoms with E-state index in [1.165, 1.54) is 12.5 Å². The molecule has 2 N–H and O–H groups in total. The van der Waals surface area contributed by atoms with E-state index in [4.69, 9.17) is 25.4 Å². The van der Waals surface area contributed by atoms with E-state index in [1.807, 2.05) is 0 Å². The second kappa shape index (κ2) is 14.0. The van der Waals surface area contributed by atoms with Gasteiger partial charge in [0.25, 0.3) is 0 Å². The fourth-order valence-electron chi connectivity index (χ4n) is 10.6. The number of rotatable bonds is 8. The van der Waals surface area contributed by atoms with E-state index in [-0.39, 0.29) is 29.4 Å². The number of hydrogen-bond donors (Lipinski definition) is 1. The summed E-state index contributed by atoms with van der Waals surface area (Å²) in [5.74, 6) is 3.41.